The Morgan fingerprint density at radius 2 is 2.39 bits per heavy atom. The summed E-state index contributed by atoms with van der Waals surface area (Å²) in [7, 11) is 0. The van der Waals surface area contributed by atoms with Crippen molar-refractivity contribution in [1.82, 2.24) is 19.7 Å². The van der Waals surface area contributed by atoms with Gasteiger partial charge in [-0.2, -0.15) is 10.1 Å². The number of hydrogen-bond donors (Lipinski definition) is 2. The summed E-state index contributed by atoms with van der Waals surface area (Å²) in [6.45, 7) is 1.01. The van der Waals surface area contributed by atoms with Crippen LogP contribution in [0.5, 0.6) is 0 Å². The van der Waals surface area contributed by atoms with E-state index >= 15 is 0 Å². The summed E-state index contributed by atoms with van der Waals surface area (Å²) < 4.78 is 1.70. The van der Waals surface area contributed by atoms with E-state index in [1.807, 2.05) is 0 Å². The van der Waals surface area contributed by atoms with Gasteiger partial charge >= 0.3 is 5.69 Å². The first-order valence-corrected chi connectivity index (χ1v) is 5.15. The van der Waals surface area contributed by atoms with Crippen molar-refractivity contribution in [2.45, 2.75) is 6.54 Å². The Kier molecular flexibility index (Phi) is 3.32. The summed E-state index contributed by atoms with van der Waals surface area (Å²) in [4.78, 5) is 17.6. The molecule has 2 rings (SSSR count). The third kappa shape index (κ3) is 2.70. The highest BCUT2D eigenvalue weighted by molar-refractivity contribution is 5.56. The molecular formula is C9H11N7O2. The van der Waals surface area contributed by atoms with Crippen molar-refractivity contribution in [1.29, 1.82) is 0 Å². The Morgan fingerprint density at radius 3 is 3.06 bits per heavy atom. The fraction of sp³-hybridized carbons (Fsp3) is 0.222. The standard InChI is InChI=1S/C9H11N7O2/c10-9-12-6-7(16(17)18)8(14-9)11-3-5-15-4-1-2-13-15/h1-2,4,6H,3,5H2,(H3,10,11,12,14). The predicted molar refractivity (Wildman–Crippen MR) is 63.8 cm³/mol. The van der Waals surface area contributed by atoms with Gasteiger partial charge in [-0.3, -0.25) is 14.8 Å². The molecule has 0 atom stereocenters. The van der Waals surface area contributed by atoms with Gasteiger partial charge in [-0.25, -0.2) is 4.98 Å². The van der Waals surface area contributed by atoms with Crippen LogP contribution in [0.25, 0.3) is 0 Å². The van der Waals surface area contributed by atoms with E-state index in [4.69, 9.17) is 5.73 Å². The Balaban J connectivity index is 2.03. The van der Waals surface area contributed by atoms with Crippen LogP contribution < -0.4 is 11.1 Å². The average Bonchev–Trinajstić information content (AvgIpc) is 2.82. The highest BCUT2D eigenvalue weighted by Gasteiger charge is 2.15. The third-order valence-electron chi connectivity index (χ3n) is 2.18. The summed E-state index contributed by atoms with van der Waals surface area (Å²) >= 11 is 0. The molecule has 94 valence electrons. The van der Waals surface area contributed by atoms with Gasteiger partial charge < -0.3 is 11.1 Å². The molecule has 18 heavy (non-hydrogen) atoms. The quantitative estimate of drug-likeness (QED) is 0.575. The minimum atomic E-state index is -0.560. The molecule has 0 fully saturated rings. The van der Waals surface area contributed by atoms with Crippen molar-refractivity contribution in [3.05, 3.63) is 34.8 Å². The van der Waals surface area contributed by atoms with Gasteiger partial charge in [0, 0.05) is 18.9 Å². The smallest absolute Gasteiger partial charge is 0.329 e. The minimum Gasteiger partial charge on any atom is -0.368 e. The molecule has 0 saturated heterocycles. The molecule has 3 N–H and O–H groups in total. The van der Waals surface area contributed by atoms with Gasteiger partial charge in [0.2, 0.25) is 11.8 Å². The lowest BCUT2D eigenvalue weighted by Crippen LogP contribution is -2.13. The Morgan fingerprint density at radius 1 is 1.56 bits per heavy atom. The van der Waals surface area contributed by atoms with Crippen molar-refractivity contribution in [3.8, 4) is 0 Å². The van der Waals surface area contributed by atoms with Crippen LogP contribution in [0.15, 0.2) is 24.7 Å². The summed E-state index contributed by atoms with van der Waals surface area (Å²) in [5, 5.41) is 17.6. The molecule has 2 aromatic rings. The van der Waals surface area contributed by atoms with E-state index in [2.05, 4.69) is 20.4 Å². The van der Waals surface area contributed by atoms with E-state index in [9.17, 15) is 10.1 Å². The minimum absolute atomic E-state index is 0.0119. The first-order valence-electron chi connectivity index (χ1n) is 5.15. The maximum atomic E-state index is 10.8. The largest absolute Gasteiger partial charge is 0.368 e. The van der Waals surface area contributed by atoms with Gasteiger partial charge in [0.15, 0.2) is 0 Å². The van der Waals surface area contributed by atoms with E-state index in [-0.39, 0.29) is 17.5 Å². The molecule has 2 heterocycles. The number of nitrogens with one attached hydrogen (secondary N) is 1. The maximum absolute atomic E-state index is 10.8. The molecule has 0 spiro atoms. The second kappa shape index (κ2) is 5.08. The van der Waals surface area contributed by atoms with Gasteiger partial charge in [0.25, 0.3) is 0 Å². The number of nitrogens with zero attached hydrogens (tertiary/aromatic N) is 5. The lowest BCUT2D eigenvalue weighted by Gasteiger charge is -2.06. The topological polar surface area (TPSA) is 125 Å². The van der Waals surface area contributed by atoms with Crippen LogP contribution in [0.2, 0.25) is 0 Å². The molecule has 0 bridgehead atoms. The molecule has 0 saturated carbocycles. The summed E-state index contributed by atoms with van der Waals surface area (Å²) in [6.07, 6.45) is 4.54. The fourth-order valence-corrected chi connectivity index (χ4v) is 1.37. The molecule has 0 amide bonds. The number of nitrogen functional groups attached to an aromatic ring is 1. The van der Waals surface area contributed by atoms with Crippen molar-refractivity contribution >= 4 is 17.5 Å². The van der Waals surface area contributed by atoms with Crippen LogP contribution in [-0.4, -0.2) is 31.2 Å². The predicted octanol–water partition coefficient (Wildman–Crippen LogP) is 0.276. The Hall–Kier alpha value is -2.71. The summed E-state index contributed by atoms with van der Waals surface area (Å²) in [6, 6.07) is 1.80. The number of anilines is 2. The average molecular weight is 249 g/mol. The normalized spacial score (nSPS) is 10.2. The van der Waals surface area contributed by atoms with Crippen LogP contribution in [0.4, 0.5) is 17.5 Å². The van der Waals surface area contributed by atoms with E-state index < -0.39 is 4.92 Å². The van der Waals surface area contributed by atoms with Crippen LogP contribution >= 0.6 is 0 Å². The van der Waals surface area contributed by atoms with E-state index in [1.165, 1.54) is 0 Å². The second-order valence-corrected chi connectivity index (χ2v) is 3.42. The lowest BCUT2D eigenvalue weighted by molar-refractivity contribution is -0.384. The fourth-order valence-electron chi connectivity index (χ4n) is 1.37. The molecule has 2 aromatic heterocycles. The van der Waals surface area contributed by atoms with Crippen LogP contribution in [-0.2, 0) is 6.54 Å². The molecule has 9 heteroatoms. The molecule has 0 radical (unpaired) electrons. The van der Waals surface area contributed by atoms with Gasteiger partial charge in [-0.1, -0.05) is 0 Å². The number of nitro groups is 1. The van der Waals surface area contributed by atoms with E-state index in [0.717, 1.165) is 6.20 Å². The second-order valence-electron chi connectivity index (χ2n) is 3.42. The maximum Gasteiger partial charge on any atom is 0.329 e. The summed E-state index contributed by atoms with van der Waals surface area (Å²) in [5.74, 6) is 0.0989. The third-order valence-corrected chi connectivity index (χ3v) is 2.18. The summed E-state index contributed by atoms with van der Waals surface area (Å²) in [5.41, 5.74) is 5.19. The van der Waals surface area contributed by atoms with Crippen LogP contribution in [0.1, 0.15) is 0 Å². The van der Waals surface area contributed by atoms with Crippen LogP contribution in [0, 0.1) is 10.1 Å². The van der Waals surface area contributed by atoms with Gasteiger partial charge in [-0.15, -0.1) is 0 Å². The highest BCUT2D eigenvalue weighted by Crippen LogP contribution is 2.20. The molecule has 0 aliphatic carbocycles. The van der Waals surface area contributed by atoms with Crippen molar-refractivity contribution in [2.24, 2.45) is 0 Å². The molecule has 0 aliphatic heterocycles. The van der Waals surface area contributed by atoms with Crippen molar-refractivity contribution < 1.29 is 4.92 Å². The number of nitrogens with two attached hydrogens (primary N) is 1. The van der Waals surface area contributed by atoms with E-state index in [1.54, 1.807) is 23.1 Å². The molecular weight excluding hydrogens is 238 g/mol. The van der Waals surface area contributed by atoms with Gasteiger partial charge in [0.1, 0.15) is 6.20 Å². The molecule has 0 aromatic carbocycles. The number of hydrogen-bond acceptors (Lipinski definition) is 7. The highest BCUT2D eigenvalue weighted by atomic mass is 16.6. The monoisotopic (exact) mass is 249 g/mol. The van der Waals surface area contributed by atoms with E-state index in [0.29, 0.717) is 13.1 Å². The van der Waals surface area contributed by atoms with Gasteiger partial charge in [-0.05, 0) is 6.07 Å². The van der Waals surface area contributed by atoms with Crippen molar-refractivity contribution in [3.63, 3.8) is 0 Å². The lowest BCUT2D eigenvalue weighted by atomic mass is 10.4. The number of aromatic nitrogens is 4. The zero-order valence-electron chi connectivity index (χ0n) is 9.35. The molecule has 9 nitrogen and oxygen atoms in total. The van der Waals surface area contributed by atoms with Crippen molar-refractivity contribution in [2.75, 3.05) is 17.6 Å². The Labute approximate surface area is 102 Å². The Bertz CT molecular complexity index is 540. The molecule has 0 unspecified atom stereocenters. The van der Waals surface area contributed by atoms with Gasteiger partial charge in [0.05, 0.1) is 11.5 Å². The zero-order chi connectivity index (χ0) is 13.0. The SMILES string of the molecule is Nc1ncc([N+](=O)[O-])c(NCCn2cccn2)n1. The first-order chi connectivity index (χ1) is 8.66. The molecule has 0 aliphatic rings. The zero-order valence-corrected chi connectivity index (χ0v) is 9.35. The first kappa shape index (κ1) is 11.8. The number of rotatable bonds is 5. The van der Waals surface area contributed by atoms with Crippen LogP contribution in [0.3, 0.4) is 0 Å².